The maximum atomic E-state index is 12.8. The Kier molecular flexibility index (Phi) is 4.16. The van der Waals surface area contributed by atoms with Crippen molar-refractivity contribution >= 4 is 5.82 Å². The van der Waals surface area contributed by atoms with Gasteiger partial charge in [0.1, 0.15) is 11.6 Å². The summed E-state index contributed by atoms with van der Waals surface area (Å²) >= 11 is 0. The van der Waals surface area contributed by atoms with Crippen molar-refractivity contribution in [3.05, 3.63) is 41.2 Å². The predicted molar refractivity (Wildman–Crippen MR) is 76.1 cm³/mol. The fourth-order valence-electron chi connectivity index (χ4n) is 2.09. The van der Waals surface area contributed by atoms with Crippen molar-refractivity contribution in [1.29, 1.82) is 0 Å². The lowest BCUT2D eigenvalue weighted by Crippen LogP contribution is -2.07. The van der Waals surface area contributed by atoms with E-state index in [1.54, 1.807) is 19.9 Å². The van der Waals surface area contributed by atoms with Crippen LogP contribution in [0.3, 0.4) is 0 Å². The number of hydrogen-bond donors (Lipinski definition) is 1. The molecule has 1 aromatic heterocycles. The van der Waals surface area contributed by atoms with Crippen molar-refractivity contribution in [3.8, 4) is 11.3 Å². The Bertz CT molecular complexity index is 651. The van der Waals surface area contributed by atoms with Gasteiger partial charge in [-0.05, 0) is 32.9 Å². The van der Waals surface area contributed by atoms with Gasteiger partial charge in [0, 0.05) is 17.7 Å². The third kappa shape index (κ3) is 3.32. The molecular formula is C15H16F3N3. The van der Waals surface area contributed by atoms with Gasteiger partial charge < -0.3 is 5.32 Å². The summed E-state index contributed by atoms with van der Waals surface area (Å²) in [6.07, 6.45) is -4.36. The molecule has 1 aromatic carbocycles. The van der Waals surface area contributed by atoms with E-state index in [1.807, 2.05) is 6.92 Å². The highest BCUT2D eigenvalue weighted by molar-refractivity contribution is 5.68. The summed E-state index contributed by atoms with van der Waals surface area (Å²) in [7, 11) is 0. The average Bonchev–Trinajstić information content (AvgIpc) is 2.42. The van der Waals surface area contributed by atoms with Gasteiger partial charge in [-0.1, -0.05) is 12.1 Å². The molecule has 2 rings (SSSR count). The molecular weight excluding hydrogens is 279 g/mol. The molecule has 112 valence electrons. The number of aromatic nitrogens is 2. The molecule has 21 heavy (non-hydrogen) atoms. The number of aryl methyl sites for hydroxylation is 1. The number of nitrogens with zero attached hydrogens (tertiary/aromatic N) is 2. The zero-order valence-electron chi connectivity index (χ0n) is 12.0. The van der Waals surface area contributed by atoms with Crippen LogP contribution in [-0.2, 0) is 6.18 Å². The number of halogens is 3. The van der Waals surface area contributed by atoms with Crippen LogP contribution in [0.15, 0.2) is 24.3 Å². The first-order chi connectivity index (χ1) is 9.82. The summed E-state index contributed by atoms with van der Waals surface area (Å²) in [5, 5.41) is 3.10. The zero-order chi connectivity index (χ0) is 15.6. The quantitative estimate of drug-likeness (QED) is 0.921. The van der Waals surface area contributed by atoms with Crippen molar-refractivity contribution in [2.24, 2.45) is 0 Å². The lowest BCUT2D eigenvalue weighted by molar-refractivity contribution is -0.137. The van der Waals surface area contributed by atoms with Crippen LogP contribution < -0.4 is 5.32 Å². The van der Waals surface area contributed by atoms with Gasteiger partial charge in [-0.15, -0.1) is 0 Å². The Balaban J connectivity index is 2.56. The molecule has 0 spiro atoms. The van der Waals surface area contributed by atoms with Crippen molar-refractivity contribution in [2.45, 2.75) is 26.9 Å². The molecule has 0 fully saturated rings. The molecule has 3 nitrogen and oxygen atoms in total. The molecule has 1 heterocycles. The Morgan fingerprint density at radius 1 is 1.14 bits per heavy atom. The SMILES string of the molecule is CCNc1nc(C)nc(-c2cccc(C(F)(F)F)c2)c1C. The number of nitrogens with one attached hydrogen (secondary N) is 1. The fraction of sp³-hybridized carbons (Fsp3) is 0.333. The molecule has 0 unspecified atom stereocenters. The smallest absolute Gasteiger partial charge is 0.370 e. The van der Waals surface area contributed by atoms with Crippen LogP contribution in [0.2, 0.25) is 0 Å². The van der Waals surface area contributed by atoms with Crippen molar-refractivity contribution in [3.63, 3.8) is 0 Å². The minimum Gasteiger partial charge on any atom is -0.370 e. The lowest BCUT2D eigenvalue weighted by Gasteiger charge is -2.13. The summed E-state index contributed by atoms with van der Waals surface area (Å²) in [5.74, 6) is 1.17. The minimum atomic E-state index is -4.36. The molecule has 0 radical (unpaired) electrons. The highest BCUT2D eigenvalue weighted by atomic mass is 19.4. The largest absolute Gasteiger partial charge is 0.416 e. The van der Waals surface area contributed by atoms with E-state index in [4.69, 9.17) is 0 Å². The van der Waals surface area contributed by atoms with Crippen molar-refractivity contribution in [1.82, 2.24) is 9.97 Å². The van der Waals surface area contributed by atoms with E-state index in [-0.39, 0.29) is 0 Å². The van der Waals surface area contributed by atoms with Crippen LogP contribution in [0.1, 0.15) is 23.9 Å². The Labute approximate surface area is 121 Å². The van der Waals surface area contributed by atoms with Crippen LogP contribution >= 0.6 is 0 Å². The van der Waals surface area contributed by atoms with Crippen LogP contribution in [0.25, 0.3) is 11.3 Å². The van der Waals surface area contributed by atoms with Gasteiger partial charge in [0.25, 0.3) is 0 Å². The van der Waals surface area contributed by atoms with Gasteiger partial charge in [-0.3, -0.25) is 0 Å². The van der Waals surface area contributed by atoms with Gasteiger partial charge in [-0.2, -0.15) is 13.2 Å². The molecule has 0 saturated carbocycles. The molecule has 6 heteroatoms. The second-order valence-corrected chi connectivity index (χ2v) is 4.70. The van der Waals surface area contributed by atoms with Gasteiger partial charge in [0.2, 0.25) is 0 Å². The minimum absolute atomic E-state index is 0.437. The maximum absolute atomic E-state index is 12.8. The highest BCUT2D eigenvalue weighted by Crippen LogP contribution is 2.33. The normalized spacial score (nSPS) is 11.5. The first-order valence-corrected chi connectivity index (χ1v) is 6.59. The average molecular weight is 295 g/mol. The number of benzene rings is 1. The standard InChI is InChI=1S/C15H16F3N3/c1-4-19-14-9(2)13(20-10(3)21-14)11-6-5-7-12(8-11)15(16,17)18/h5-8H,4H2,1-3H3,(H,19,20,21). The van der Waals surface area contributed by atoms with E-state index in [9.17, 15) is 13.2 Å². The monoisotopic (exact) mass is 295 g/mol. The number of anilines is 1. The van der Waals surface area contributed by atoms with Crippen LogP contribution in [0, 0.1) is 13.8 Å². The third-order valence-electron chi connectivity index (χ3n) is 3.07. The van der Waals surface area contributed by atoms with Crippen LogP contribution in [-0.4, -0.2) is 16.5 Å². The fourth-order valence-corrected chi connectivity index (χ4v) is 2.09. The van der Waals surface area contributed by atoms with Gasteiger partial charge in [0.15, 0.2) is 0 Å². The maximum Gasteiger partial charge on any atom is 0.416 e. The van der Waals surface area contributed by atoms with Crippen LogP contribution in [0.5, 0.6) is 0 Å². The molecule has 0 atom stereocenters. The Morgan fingerprint density at radius 3 is 2.48 bits per heavy atom. The number of hydrogen-bond acceptors (Lipinski definition) is 3. The van der Waals surface area contributed by atoms with Gasteiger partial charge >= 0.3 is 6.18 Å². The van der Waals surface area contributed by atoms with Gasteiger partial charge in [0.05, 0.1) is 11.3 Å². The van der Waals surface area contributed by atoms with E-state index in [1.165, 1.54) is 6.07 Å². The van der Waals surface area contributed by atoms with E-state index in [2.05, 4.69) is 15.3 Å². The summed E-state index contributed by atoms with van der Waals surface area (Å²) in [6, 6.07) is 5.18. The molecule has 0 saturated heterocycles. The second kappa shape index (κ2) is 5.71. The van der Waals surface area contributed by atoms with Crippen molar-refractivity contribution in [2.75, 3.05) is 11.9 Å². The molecule has 0 aliphatic rings. The predicted octanol–water partition coefficient (Wildman–Crippen LogP) is 4.21. The summed E-state index contributed by atoms with van der Waals surface area (Å²) in [5.41, 5.74) is 1.01. The first-order valence-electron chi connectivity index (χ1n) is 6.59. The third-order valence-corrected chi connectivity index (χ3v) is 3.07. The molecule has 0 aliphatic carbocycles. The number of rotatable bonds is 3. The van der Waals surface area contributed by atoms with E-state index >= 15 is 0 Å². The summed E-state index contributed by atoms with van der Waals surface area (Å²) < 4.78 is 38.5. The summed E-state index contributed by atoms with van der Waals surface area (Å²) in [6.45, 7) is 6.13. The zero-order valence-corrected chi connectivity index (χ0v) is 12.0. The topological polar surface area (TPSA) is 37.8 Å². The summed E-state index contributed by atoms with van der Waals surface area (Å²) in [4.78, 5) is 8.57. The molecule has 0 bridgehead atoms. The highest BCUT2D eigenvalue weighted by Gasteiger charge is 2.30. The van der Waals surface area contributed by atoms with E-state index in [0.29, 0.717) is 29.4 Å². The first kappa shape index (κ1) is 15.3. The molecule has 0 amide bonds. The van der Waals surface area contributed by atoms with Crippen LogP contribution in [0.4, 0.5) is 19.0 Å². The van der Waals surface area contributed by atoms with Gasteiger partial charge in [-0.25, -0.2) is 9.97 Å². The molecule has 1 N–H and O–H groups in total. The molecule has 2 aromatic rings. The van der Waals surface area contributed by atoms with E-state index in [0.717, 1.165) is 17.7 Å². The molecule has 0 aliphatic heterocycles. The number of alkyl halides is 3. The van der Waals surface area contributed by atoms with E-state index < -0.39 is 11.7 Å². The second-order valence-electron chi connectivity index (χ2n) is 4.70. The lowest BCUT2D eigenvalue weighted by atomic mass is 10.0. The Morgan fingerprint density at radius 2 is 1.86 bits per heavy atom. The Hall–Kier alpha value is -2.11. The van der Waals surface area contributed by atoms with Crippen molar-refractivity contribution < 1.29 is 13.2 Å².